The summed E-state index contributed by atoms with van der Waals surface area (Å²) in [4.78, 5) is 21.6. The van der Waals surface area contributed by atoms with Crippen molar-refractivity contribution in [1.29, 1.82) is 0 Å². The van der Waals surface area contributed by atoms with Gasteiger partial charge in [-0.05, 0) is 18.2 Å². The highest BCUT2D eigenvalue weighted by molar-refractivity contribution is 6.33. The molecule has 21 heavy (non-hydrogen) atoms. The first-order valence-electron chi connectivity index (χ1n) is 4.97. The molecule has 0 radical (unpaired) electrons. The van der Waals surface area contributed by atoms with Crippen LogP contribution in [-0.2, 0) is 11.0 Å². The van der Waals surface area contributed by atoms with Gasteiger partial charge in [-0.25, -0.2) is 4.79 Å². The first kappa shape index (κ1) is 17.1. The van der Waals surface area contributed by atoms with E-state index >= 15 is 0 Å². The fourth-order valence-corrected chi connectivity index (χ4v) is 1.29. The number of hydrogen-bond acceptors (Lipinski definition) is 2. The number of imide groups is 1. The van der Waals surface area contributed by atoms with Gasteiger partial charge in [-0.1, -0.05) is 11.6 Å². The highest BCUT2D eigenvalue weighted by Crippen LogP contribution is 2.33. The number of hydrogen-bond donors (Lipinski definition) is 2. The van der Waals surface area contributed by atoms with Gasteiger partial charge in [-0.2, -0.15) is 26.3 Å². The van der Waals surface area contributed by atoms with Crippen molar-refractivity contribution in [3.05, 3.63) is 28.8 Å². The third kappa shape index (κ3) is 4.81. The summed E-state index contributed by atoms with van der Waals surface area (Å²) in [5.41, 5.74) is -1.77. The quantitative estimate of drug-likeness (QED) is 0.771. The topological polar surface area (TPSA) is 58.2 Å². The van der Waals surface area contributed by atoms with Crippen molar-refractivity contribution in [1.82, 2.24) is 5.32 Å². The van der Waals surface area contributed by atoms with Gasteiger partial charge in [0.2, 0.25) is 0 Å². The molecular weight excluding hydrogens is 330 g/mol. The van der Waals surface area contributed by atoms with Crippen LogP contribution in [0.2, 0.25) is 5.02 Å². The zero-order valence-corrected chi connectivity index (χ0v) is 10.5. The number of carbonyl (C=O) groups is 2. The lowest BCUT2D eigenvalue weighted by Gasteiger charge is -2.12. The van der Waals surface area contributed by atoms with E-state index in [0.29, 0.717) is 12.1 Å². The van der Waals surface area contributed by atoms with Crippen molar-refractivity contribution in [2.75, 3.05) is 5.32 Å². The Hall–Kier alpha value is -1.97. The van der Waals surface area contributed by atoms with Crippen molar-refractivity contribution in [3.8, 4) is 0 Å². The number of anilines is 1. The lowest BCUT2D eigenvalue weighted by Crippen LogP contribution is -2.42. The van der Waals surface area contributed by atoms with Crippen LogP contribution in [0.5, 0.6) is 0 Å². The maximum absolute atomic E-state index is 12.4. The van der Waals surface area contributed by atoms with Gasteiger partial charge < -0.3 is 5.32 Å². The summed E-state index contributed by atoms with van der Waals surface area (Å²) in [6, 6.07) is 0.163. The Kier molecular flexibility index (Phi) is 4.72. The minimum atomic E-state index is -5.31. The molecule has 11 heteroatoms. The van der Waals surface area contributed by atoms with E-state index in [1.165, 1.54) is 0 Å². The van der Waals surface area contributed by atoms with Crippen LogP contribution in [0.3, 0.4) is 0 Å². The minimum absolute atomic E-state index is 0.349. The Morgan fingerprint density at radius 3 is 2.10 bits per heavy atom. The number of amides is 3. The smallest absolute Gasteiger partial charge is 0.306 e. The number of halogens is 7. The highest BCUT2D eigenvalue weighted by atomic mass is 35.5. The minimum Gasteiger partial charge on any atom is -0.306 e. The summed E-state index contributed by atoms with van der Waals surface area (Å²) in [6.07, 6.45) is -10.0. The largest absolute Gasteiger partial charge is 0.471 e. The van der Waals surface area contributed by atoms with E-state index in [1.54, 1.807) is 5.32 Å². The van der Waals surface area contributed by atoms with Gasteiger partial charge >= 0.3 is 24.3 Å². The van der Waals surface area contributed by atoms with Crippen LogP contribution >= 0.6 is 11.6 Å². The van der Waals surface area contributed by atoms with Crippen LogP contribution in [-0.4, -0.2) is 18.1 Å². The molecule has 0 aliphatic carbocycles. The second-order valence-electron chi connectivity index (χ2n) is 3.60. The van der Waals surface area contributed by atoms with Crippen LogP contribution in [0.4, 0.5) is 36.8 Å². The molecule has 0 bridgehead atoms. The second kappa shape index (κ2) is 5.80. The van der Waals surface area contributed by atoms with Crippen molar-refractivity contribution in [2.45, 2.75) is 12.4 Å². The fourth-order valence-electron chi connectivity index (χ4n) is 1.12. The summed E-state index contributed by atoms with van der Waals surface area (Å²) < 4.78 is 72.9. The molecule has 0 saturated carbocycles. The Labute approximate surface area is 118 Å². The normalized spacial score (nSPS) is 12.0. The summed E-state index contributed by atoms with van der Waals surface area (Å²) >= 11 is 5.50. The molecule has 0 fully saturated rings. The molecule has 3 amide bonds. The van der Waals surface area contributed by atoms with E-state index in [-0.39, 0.29) is 5.02 Å². The van der Waals surface area contributed by atoms with Gasteiger partial charge in [0.05, 0.1) is 16.3 Å². The molecule has 0 aromatic heterocycles. The Bertz CT molecular complexity index is 570. The Morgan fingerprint density at radius 2 is 1.62 bits per heavy atom. The number of urea groups is 1. The molecule has 2 N–H and O–H groups in total. The number of rotatable bonds is 1. The fraction of sp³-hybridized carbons (Fsp3) is 0.200. The van der Waals surface area contributed by atoms with Crippen molar-refractivity contribution < 1.29 is 35.9 Å². The molecule has 0 aliphatic rings. The number of benzene rings is 1. The number of carbonyl (C=O) groups excluding carboxylic acids is 2. The molecule has 0 aliphatic heterocycles. The average Bonchev–Trinajstić information content (AvgIpc) is 2.29. The van der Waals surface area contributed by atoms with Gasteiger partial charge in [-0.3, -0.25) is 10.1 Å². The van der Waals surface area contributed by atoms with Gasteiger partial charge in [0.15, 0.2) is 0 Å². The van der Waals surface area contributed by atoms with Crippen LogP contribution in [0, 0.1) is 0 Å². The maximum atomic E-state index is 12.4. The molecule has 1 rings (SSSR count). The van der Waals surface area contributed by atoms with E-state index in [0.717, 1.165) is 11.4 Å². The molecule has 1 aromatic carbocycles. The second-order valence-corrected chi connectivity index (χ2v) is 4.01. The lowest BCUT2D eigenvalue weighted by molar-refractivity contribution is -0.172. The molecule has 0 spiro atoms. The first-order chi connectivity index (χ1) is 9.41. The summed E-state index contributed by atoms with van der Waals surface area (Å²) in [5.74, 6) is -2.57. The van der Waals surface area contributed by atoms with Crippen LogP contribution in [0.15, 0.2) is 18.2 Å². The van der Waals surface area contributed by atoms with Crippen LogP contribution in [0.1, 0.15) is 5.56 Å². The zero-order chi connectivity index (χ0) is 16.4. The predicted octanol–water partition coefficient (Wildman–Crippen LogP) is 3.57. The molecule has 0 heterocycles. The molecule has 0 unspecified atom stereocenters. The highest BCUT2D eigenvalue weighted by Gasteiger charge is 2.40. The van der Waals surface area contributed by atoms with E-state index in [9.17, 15) is 35.9 Å². The molecule has 0 atom stereocenters. The van der Waals surface area contributed by atoms with Crippen LogP contribution in [0.25, 0.3) is 0 Å². The van der Waals surface area contributed by atoms with Crippen LogP contribution < -0.4 is 10.6 Å². The van der Waals surface area contributed by atoms with E-state index in [1.807, 2.05) is 0 Å². The Morgan fingerprint density at radius 1 is 1.05 bits per heavy atom. The predicted molar refractivity (Wildman–Crippen MR) is 59.7 cm³/mol. The van der Waals surface area contributed by atoms with Gasteiger partial charge in [0, 0.05) is 0 Å². The average molecular weight is 335 g/mol. The van der Waals surface area contributed by atoms with Gasteiger partial charge in [0.1, 0.15) is 0 Å². The maximum Gasteiger partial charge on any atom is 0.471 e. The van der Waals surface area contributed by atoms with E-state index in [4.69, 9.17) is 11.6 Å². The SMILES string of the molecule is O=C(NC(=O)C(F)(F)F)Nc1cc(C(F)(F)F)ccc1Cl. The molecule has 1 aromatic rings. The third-order valence-electron chi connectivity index (χ3n) is 2.03. The summed E-state index contributed by atoms with van der Waals surface area (Å²) in [5, 5.41) is 2.17. The molecule has 0 saturated heterocycles. The number of alkyl halides is 6. The third-order valence-corrected chi connectivity index (χ3v) is 2.36. The number of nitrogens with one attached hydrogen (secondary N) is 2. The summed E-state index contributed by atoms with van der Waals surface area (Å²) in [6.45, 7) is 0. The summed E-state index contributed by atoms with van der Waals surface area (Å²) in [7, 11) is 0. The van der Waals surface area contributed by atoms with Gasteiger partial charge in [-0.15, -0.1) is 0 Å². The monoisotopic (exact) mass is 334 g/mol. The standard InChI is InChI=1S/C10H5ClF6N2O2/c11-5-2-1-4(9(12,13)14)3-6(5)18-8(21)19-7(20)10(15,16)17/h1-3H,(H2,18,19,20,21). The van der Waals surface area contributed by atoms with Gasteiger partial charge in [0.25, 0.3) is 0 Å². The molecular formula is C10H5ClF6N2O2. The zero-order valence-electron chi connectivity index (χ0n) is 9.69. The lowest BCUT2D eigenvalue weighted by atomic mass is 10.2. The van der Waals surface area contributed by atoms with Crippen molar-refractivity contribution in [3.63, 3.8) is 0 Å². The first-order valence-corrected chi connectivity index (χ1v) is 5.35. The molecule has 116 valence electrons. The van der Waals surface area contributed by atoms with E-state index in [2.05, 4.69) is 0 Å². The van der Waals surface area contributed by atoms with E-state index < -0.39 is 35.5 Å². The molecule has 4 nitrogen and oxygen atoms in total. The van der Waals surface area contributed by atoms with Crippen molar-refractivity contribution in [2.24, 2.45) is 0 Å². The Balaban J connectivity index is 2.88. The van der Waals surface area contributed by atoms with Crippen molar-refractivity contribution >= 4 is 29.2 Å².